The van der Waals surface area contributed by atoms with E-state index in [0.29, 0.717) is 13.0 Å². The highest BCUT2D eigenvalue weighted by molar-refractivity contribution is 4.99. The van der Waals surface area contributed by atoms with Crippen LogP contribution < -0.4 is 5.73 Å². The zero-order chi connectivity index (χ0) is 13.6. The quantitative estimate of drug-likeness (QED) is 0.764. The zero-order valence-corrected chi connectivity index (χ0v) is 10.3. The molecule has 0 aromatic carbocycles. The van der Waals surface area contributed by atoms with Crippen molar-refractivity contribution in [2.45, 2.75) is 38.5 Å². The molecule has 0 aliphatic rings. The van der Waals surface area contributed by atoms with Crippen LogP contribution in [-0.4, -0.2) is 35.0 Å². The summed E-state index contributed by atoms with van der Waals surface area (Å²) in [7, 11) is 0. The van der Waals surface area contributed by atoms with Crippen LogP contribution in [0.25, 0.3) is 0 Å². The van der Waals surface area contributed by atoms with Crippen molar-refractivity contribution in [2.75, 3.05) is 13.2 Å². The van der Waals surface area contributed by atoms with E-state index in [1.54, 1.807) is 17.1 Å². The first-order chi connectivity index (χ1) is 8.40. The highest BCUT2D eigenvalue weighted by Crippen LogP contribution is 2.14. The maximum Gasteiger partial charge on any atom is 0.411 e. The predicted octanol–water partition coefficient (Wildman–Crippen LogP) is 1.74. The molecule has 1 atom stereocenters. The van der Waals surface area contributed by atoms with Gasteiger partial charge in [-0.2, -0.15) is 13.2 Å². The van der Waals surface area contributed by atoms with Gasteiger partial charge in [0.05, 0.1) is 18.6 Å². The Kier molecular flexibility index (Phi) is 5.61. The molecular weight excluding hydrogens is 247 g/mol. The van der Waals surface area contributed by atoms with Gasteiger partial charge < -0.3 is 15.0 Å². The normalized spacial score (nSPS) is 13.8. The number of rotatable bonds is 7. The Balaban J connectivity index is 2.27. The van der Waals surface area contributed by atoms with Crippen molar-refractivity contribution < 1.29 is 17.9 Å². The van der Waals surface area contributed by atoms with Crippen LogP contribution in [0, 0.1) is 0 Å². The third-order valence-corrected chi connectivity index (χ3v) is 2.44. The first kappa shape index (κ1) is 15.0. The zero-order valence-electron chi connectivity index (χ0n) is 10.3. The van der Waals surface area contributed by atoms with Crippen LogP contribution in [-0.2, 0) is 17.7 Å². The van der Waals surface area contributed by atoms with Crippen LogP contribution in [0.2, 0.25) is 0 Å². The molecule has 0 bridgehead atoms. The minimum absolute atomic E-state index is 0.00907. The summed E-state index contributed by atoms with van der Waals surface area (Å²) < 4.78 is 41.6. The van der Waals surface area contributed by atoms with Crippen LogP contribution >= 0.6 is 0 Å². The Hall–Kier alpha value is -1.08. The molecule has 1 aromatic heterocycles. The van der Waals surface area contributed by atoms with Gasteiger partial charge in [0.1, 0.15) is 6.61 Å². The molecule has 104 valence electrons. The van der Waals surface area contributed by atoms with E-state index in [4.69, 9.17) is 5.73 Å². The van der Waals surface area contributed by atoms with Gasteiger partial charge in [-0.1, -0.05) is 6.92 Å². The monoisotopic (exact) mass is 265 g/mol. The first-order valence-corrected chi connectivity index (χ1v) is 5.81. The van der Waals surface area contributed by atoms with Gasteiger partial charge in [-0.3, -0.25) is 0 Å². The second-order valence-corrected chi connectivity index (χ2v) is 4.14. The van der Waals surface area contributed by atoms with E-state index in [1.165, 1.54) is 0 Å². The number of hydrogen-bond donors (Lipinski definition) is 1. The molecule has 1 aromatic rings. The average molecular weight is 265 g/mol. The minimum Gasteiger partial charge on any atom is -0.370 e. The molecule has 7 heteroatoms. The topological polar surface area (TPSA) is 53.1 Å². The number of nitrogens with zero attached hydrogens (tertiary/aromatic N) is 2. The molecule has 0 saturated carbocycles. The van der Waals surface area contributed by atoms with E-state index in [1.807, 2.05) is 6.92 Å². The summed E-state index contributed by atoms with van der Waals surface area (Å²) in [6.45, 7) is 1.14. The molecule has 18 heavy (non-hydrogen) atoms. The summed E-state index contributed by atoms with van der Waals surface area (Å²) in [4.78, 5) is 4.14. The highest BCUT2D eigenvalue weighted by Gasteiger charge is 2.27. The standard InChI is InChI=1S/C11H18F3N3O/c1-2-9(15)5-10-6-17(8-16-10)3-4-18-7-11(12,13)14/h6,8-9H,2-5,7,15H2,1H3. The summed E-state index contributed by atoms with van der Waals surface area (Å²) in [6, 6.07) is 0.0647. The third kappa shape index (κ3) is 6.02. The maximum atomic E-state index is 11.8. The Morgan fingerprint density at radius 3 is 2.83 bits per heavy atom. The van der Waals surface area contributed by atoms with Gasteiger partial charge in [0, 0.05) is 25.2 Å². The molecule has 0 saturated heterocycles. The SMILES string of the molecule is CCC(N)Cc1cn(CCOCC(F)(F)F)cn1. The number of halogens is 3. The minimum atomic E-state index is -4.27. The summed E-state index contributed by atoms with van der Waals surface area (Å²) in [5.74, 6) is 0. The molecule has 0 radical (unpaired) electrons. The summed E-state index contributed by atoms with van der Waals surface area (Å²) >= 11 is 0. The lowest BCUT2D eigenvalue weighted by Gasteiger charge is -2.07. The number of imidazole rings is 1. The van der Waals surface area contributed by atoms with E-state index in [0.717, 1.165) is 12.1 Å². The molecular formula is C11H18F3N3O. The van der Waals surface area contributed by atoms with Gasteiger partial charge in [0.25, 0.3) is 0 Å². The van der Waals surface area contributed by atoms with Gasteiger partial charge in [0.2, 0.25) is 0 Å². The van der Waals surface area contributed by atoms with Crippen molar-refractivity contribution in [3.63, 3.8) is 0 Å². The van der Waals surface area contributed by atoms with E-state index in [9.17, 15) is 13.2 Å². The van der Waals surface area contributed by atoms with Crippen molar-refractivity contribution in [2.24, 2.45) is 5.73 Å². The lowest BCUT2D eigenvalue weighted by atomic mass is 10.1. The molecule has 0 amide bonds. The largest absolute Gasteiger partial charge is 0.411 e. The Morgan fingerprint density at radius 1 is 1.50 bits per heavy atom. The number of ether oxygens (including phenoxy) is 1. The van der Waals surface area contributed by atoms with Crippen LogP contribution in [0.3, 0.4) is 0 Å². The number of alkyl halides is 3. The summed E-state index contributed by atoms with van der Waals surface area (Å²) in [5.41, 5.74) is 6.63. The summed E-state index contributed by atoms with van der Waals surface area (Å²) in [5, 5.41) is 0. The van der Waals surface area contributed by atoms with E-state index in [-0.39, 0.29) is 12.6 Å². The molecule has 1 rings (SSSR count). The fourth-order valence-corrected chi connectivity index (χ4v) is 1.40. The second kappa shape index (κ2) is 6.75. The number of aromatic nitrogens is 2. The Bertz CT molecular complexity index is 352. The van der Waals surface area contributed by atoms with Crippen molar-refractivity contribution in [1.29, 1.82) is 0 Å². The van der Waals surface area contributed by atoms with Crippen LogP contribution in [0.5, 0.6) is 0 Å². The van der Waals surface area contributed by atoms with Gasteiger partial charge >= 0.3 is 6.18 Å². The molecule has 1 heterocycles. The van der Waals surface area contributed by atoms with Gasteiger partial charge in [0.15, 0.2) is 0 Å². The second-order valence-electron chi connectivity index (χ2n) is 4.14. The maximum absolute atomic E-state index is 11.8. The van der Waals surface area contributed by atoms with Crippen molar-refractivity contribution in [3.8, 4) is 0 Å². The average Bonchev–Trinajstić information content (AvgIpc) is 2.71. The lowest BCUT2D eigenvalue weighted by Crippen LogP contribution is -2.21. The van der Waals surface area contributed by atoms with Crippen molar-refractivity contribution in [3.05, 3.63) is 18.2 Å². The Labute approximate surface area is 104 Å². The molecule has 1 unspecified atom stereocenters. The predicted molar refractivity (Wildman–Crippen MR) is 61.1 cm³/mol. The van der Waals surface area contributed by atoms with E-state index in [2.05, 4.69) is 9.72 Å². The smallest absolute Gasteiger partial charge is 0.370 e. The lowest BCUT2D eigenvalue weighted by molar-refractivity contribution is -0.174. The molecule has 4 nitrogen and oxygen atoms in total. The molecule has 0 aliphatic heterocycles. The van der Waals surface area contributed by atoms with E-state index < -0.39 is 12.8 Å². The van der Waals surface area contributed by atoms with Crippen LogP contribution in [0.4, 0.5) is 13.2 Å². The van der Waals surface area contributed by atoms with E-state index >= 15 is 0 Å². The van der Waals surface area contributed by atoms with Crippen molar-refractivity contribution >= 4 is 0 Å². The fraction of sp³-hybridized carbons (Fsp3) is 0.727. The fourth-order valence-electron chi connectivity index (χ4n) is 1.40. The number of hydrogen-bond acceptors (Lipinski definition) is 3. The van der Waals surface area contributed by atoms with Crippen LogP contribution in [0.15, 0.2) is 12.5 Å². The molecule has 0 fully saturated rings. The molecule has 0 aliphatic carbocycles. The van der Waals surface area contributed by atoms with Crippen molar-refractivity contribution in [1.82, 2.24) is 9.55 Å². The highest BCUT2D eigenvalue weighted by atomic mass is 19.4. The molecule has 2 N–H and O–H groups in total. The summed E-state index contributed by atoms with van der Waals surface area (Å²) in [6.07, 6.45) is 0.629. The van der Waals surface area contributed by atoms with Gasteiger partial charge in [-0.15, -0.1) is 0 Å². The van der Waals surface area contributed by atoms with Gasteiger partial charge in [-0.25, -0.2) is 4.98 Å². The van der Waals surface area contributed by atoms with Gasteiger partial charge in [-0.05, 0) is 6.42 Å². The third-order valence-electron chi connectivity index (χ3n) is 2.44. The van der Waals surface area contributed by atoms with Crippen LogP contribution in [0.1, 0.15) is 19.0 Å². The Morgan fingerprint density at radius 2 is 2.22 bits per heavy atom. The first-order valence-electron chi connectivity index (χ1n) is 5.81. The number of nitrogens with two attached hydrogens (primary N) is 1. The molecule has 0 spiro atoms.